The normalized spacial score (nSPS) is 17.6. The molecule has 1 aliphatic rings. The van der Waals surface area contributed by atoms with Crippen LogP contribution in [0.3, 0.4) is 0 Å². The van der Waals surface area contributed by atoms with Crippen molar-refractivity contribution < 1.29 is 27.2 Å². The smallest absolute Gasteiger partial charge is 0.420 e. The Balaban J connectivity index is 1.55. The first-order valence-corrected chi connectivity index (χ1v) is 13.0. The van der Waals surface area contributed by atoms with E-state index >= 15 is 0 Å². The topological polar surface area (TPSA) is 83.1 Å². The number of imidazole rings is 1. The summed E-state index contributed by atoms with van der Waals surface area (Å²) in [7, 11) is 3.76. The van der Waals surface area contributed by atoms with Gasteiger partial charge in [-0.15, -0.1) is 0 Å². The predicted molar refractivity (Wildman–Crippen MR) is 143 cm³/mol. The molecule has 12 heteroatoms. The van der Waals surface area contributed by atoms with E-state index in [1.54, 1.807) is 0 Å². The lowest BCUT2D eigenvalue weighted by Gasteiger charge is -2.27. The molecular formula is C28H27ClF3N5O3. The number of halogens is 4. The molecule has 210 valence electrons. The number of rotatable bonds is 7. The van der Waals surface area contributed by atoms with Crippen LogP contribution < -0.4 is 5.32 Å². The van der Waals surface area contributed by atoms with E-state index in [4.69, 9.17) is 16.0 Å². The SMILES string of the molecule is CN(C)CCNC(=O)C1C(c2ccccc2)CCN1C(=O)c1nc2c(C(F)(F)F)cc(-c3ccoc3)cn2c1Cl. The van der Waals surface area contributed by atoms with E-state index in [0.717, 1.165) is 16.0 Å². The van der Waals surface area contributed by atoms with Gasteiger partial charge in [0, 0.05) is 42.9 Å². The summed E-state index contributed by atoms with van der Waals surface area (Å²) in [6.07, 6.45) is -0.241. The van der Waals surface area contributed by atoms with Gasteiger partial charge in [-0.1, -0.05) is 41.9 Å². The Hall–Kier alpha value is -3.83. The van der Waals surface area contributed by atoms with E-state index in [1.165, 1.54) is 29.7 Å². The largest absolute Gasteiger partial charge is 0.472 e. The lowest BCUT2D eigenvalue weighted by molar-refractivity contribution is -0.136. The summed E-state index contributed by atoms with van der Waals surface area (Å²) in [6.45, 7) is 1.17. The molecule has 0 saturated carbocycles. The van der Waals surface area contributed by atoms with Gasteiger partial charge in [-0.2, -0.15) is 13.2 Å². The van der Waals surface area contributed by atoms with Crippen LogP contribution in [0.2, 0.25) is 5.15 Å². The quantitative estimate of drug-likeness (QED) is 0.339. The summed E-state index contributed by atoms with van der Waals surface area (Å²) in [5.41, 5.74) is -0.417. The molecule has 1 aromatic carbocycles. The van der Waals surface area contributed by atoms with Gasteiger partial charge in [0.2, 0.25) is 5.91 Å². The van der Waals surface area contributed by atoms with E-state index in [9.17, 15) is 22.8 Å². The summed E-state index contributed by atoms with van der Waals surface area (Å²) in [6, 6.07) is 10.9. The van der Waals surface area contributed by atoms with Crippen LogP contribution >= 0.6 is 11.6 Å². The van der Waals surface area contributed by atoms with Crippen molar-refractivity contribution in [2.45, 2.75) is 24.6 Å². The highest BCUT2D eigenvalue weighted by Crippen LogP contribution is 2.39. The van der Waals surface area contributed by atoms with Crippen molar-refractivity contribution in [3.05, 3.63) is 83.2 Å². The van der Waals surface area contributed by atoms with Crippen molar-refractivity contribution in [2.75, 3.05) is 33.7 Å². The number of fused-ring (bicyclic) bond motifs is 1. The van der Waals surface area contributed by atoms with Gasteiger partial charge in [0.05, 0.1) is 18.1 Å². The number of carbonyl (C=O) groups is 2. The zero-order valence-corrected chi connectivity index (χ0v) is 22.5. The molecule has 0 spiro atoms. The molecule has 1 saturated heterocycles. The minimum atomic E-state index is -4.77. The number of likely N-dealkylation sites (N-methyl/N-ethyl adjacent to an activating group) is 1. The molecule has 2 atom stereocenters. The van der Waals surface area contributed by atoms with Crippen molar-refractivity contribution in [3.8, 4) is 11.1 Å². The molecule has 1 N–H and O–H groups in total. The first kappa shape index (κ1) is 27.7. The number of benzene rings is 1. The van der Waals surface area contributed by atoms with Gasteiger partial charge in [0.25, 0.3) is 5.91 Å². The van der Waals surface area contributed by atoms with Gasteiger partial charge < -0.3 is 19.5 Å². The number of nitrogens with one attached hydrogen (secondary N) is 1. The number of furan rings is 1. The fourth-order valence-corrected chi connectivity index (χ4v) is 5.34. The van der Waals surface area contributed by atoms with E-state index in [0.29, 0.717) is 25.1 Å². The molecule has 0 aliphatic carbocycles. The third kappa shape index (κ3) is 5.31. The average Bonchev–Trinajstić information content (AvgIpc) is 3.67. The van der Waals surface area contributed by atoms with Crippen LogP contribution in [-0.2, 0) is 11.0 Å². The summed E-state index contributed by atoms with van der Waals surface area (Å²) in [4.78, 5) is 34.7. The summed E-state index contributed by atoms with van der Waals surface area (Å²) in [5, 5.41) is 2.62. The average molecular weight is 574 g/mol. The van der Waals surface area contributed by atoms with E-state index in [1.807, 2.05) is 49.3 Å². The highest BCUT2D eigenvalue weighted by Gasteiger charge is 2.44. The molecule has 0 radical (unpaired) electrons. The van der Waals surface area contributed by atoms with Gasteiger partial charge in [0.1, 0.15) is 11.2 Å². The molecule has 8 nitrogen and oxygen atoms in total. The minimum absolute atomic E-state index is 0.190. The number of carbonyl (C=O) groups excluding carboxylic acids is 2. The first-order valence-electron chi connectivity index (χ1n) is 12.7. The van der Waals surface area contributed by atoms with Crippen LogP contribution in [0, 0.1) is 0 Å². The molecule has 40 heavy (non-hydrogen) atoms. The number of amides is 2. The van der Waals surface area contributed by atoms with Crippen LogP contribution in [-0.4, -0.2) is 70.8 Å². The Labute approximate surface area is 233 Å². The summed E-state index contributed by atoms with van der Waals surface area (Å²) < 4.78 is 48.4. The van der Waals surface area contributed by atoms with E-state index in [-0.39, 0.29) is 34.8 Å². The first-order chi connectivity index (χ1) is 19.1. The Morgan fingerprint density at radius 1 is 1.18 bits per heavy atom. The van der Waals surface area contributed by atoms with Crippen molar-refractivity contribution in [3.63, 3.8) is 0 Å². The zero-order valence-electron chi connectivity index (χ0n) is 21.8. The number of aromatic nitrogens is 2. The number of hydrogen-bond donors (Lipinski definition) is 1. The van der Waals surface area contributed by atoms with Gasteiger partial charge in [-0.3, -0.25) is 14.0 Å². The van der Waals surface area contributed by atoms with Crippen molar-refractivity contribution in [1.82, 2.24) is 24.5 Å². The van der Waals surface area contributed by atoms with Gasteiger partial charge >= 0.3 is 6.18 Å². The van der Waals surface area contributed by atoms with Gasteiger partial charge in [-0.25, -0.2) is 4.98 Å². The monoisotopic (exact) mass is 573 g/mol. The second kappa shape index (κ2) is 11.0. The molecule has 1 fully saturated rings. The standard InChI is InChI=1S/C28H27ClF3N5O3/c1-35(2)12-10-33-26(38)23-20(17-6-4-3-5-7-17)8-11-36(23)27(39)22-24(29)37-15-19(18-9-13-40-16-18)14-21(25(37)34-22)28(30,31)32/h3-7,9,13-16,20,23H,8,10-12H2,1-2H3,(H,33,38). The van der Waals surface area contributed by atoms with Crippen molar-refractivity contribution in [2.24, 2.45) is 0 Å². The number of alkyl halides is 3. The molecule has 3 aromatic heterocycles. The van der Waals surface area contributed by atoms with E-state index in [2.05, 4.69) is 10.3 Å². The third-order valence-corrected chi connectivity index (χ3v) is 7.40. The minimum Gasteiger partial charge on any atom is -0.472 e. The number of pyridine rings is 1. The van der Waals surface area contributed by atoms with Crippen molar-refractivity contribution in [1.29, 1.82) is 0 Å². The Morgan fingerprint density at radius 3 is 2.58 bits per heavy atom. The van der Waals surface area contributed by atoms with Crippen LogP contribution in [0.15, 0.2) is 65.6 Å². The zero-order chi connectivity index (χ0) is 28.6. The Morgan fingerprint density at radius 2 is 1.93 bits per heavy atom. The maximum atomic E-state index is 14.1. The number of nitrogens with zero attached hydrogens (tertiary/aromatic N) is 4. The lowest BCUT2D eigenvalue weighted by Crippen LogP contribution is -2.49. The van der Waals surface area contributed by atoms with Crippen LogP contribution in [0.5, 0.6) is 0 Å². The highest BCUT2D eigenvalue weighted by molar-refractivity contribution is 6.33. The predicted octanol–water partition coefficient (Wildman–Crippen LogP) is 4.94. The maximum Gasteiger partial charge on any atom is 0.420 e. The molecule has 0 bridgehead atoms. The molecule has 4 heterocycles. The molecule has 2 amide bonds. The van der Waals surface area contributed by atoms with Crippen molar-refractivity contribution >= 4 is 29.1 Å². The van der Waals surface area contributed by atoms with Crippen LogP contribution in [0.25, 0.3) is 16.8 Å². The highest BCUT2D eigenvalue weighted by atomic mass is 35.5. The fourth-order valence-electron chi connectivity index (χ4n) is 5.09. The third-order valence-electron chi connectivity index (χ3n) is 7.04. The molecule has 2 unspecified atom stereocenters. The molecule has 1 aliphatic heterocycles. The maximum absolute atomic E-state index is 14.1. The Bertz CT molecular complexity index is 1520. The van der Waals surface area contributed by atoms with Gasteiger partial charge in [0.15, 0.2) is 11.3 Å². The van der Waals surface area contributed by atoms with Gasteiger partial charge in [-0.05, 0) is 38.2 Å². The summed E-state index contributed by atoms with van der Waals surface area (Å²) in [5.74, 6) is -1.36. The number of likely N-dealkylation sites (tertiary alicyclic amines) is 1. The fraction of sp³-hybridized carbons (Fsp3) is 0.321. The Kier molecular flexibility index (Phi) is 7.61. The molecule has 4 aromatic rings. The van der Waals surface area contributed by atoms with Crippen LogP contribution in [0.4, 0.5) is 13.2 Å². The molecule has 5 rings (SSSR count). The molecular weight excluding hydrogens is 547 g/mol. The number of hydrogen-bond acceptors (Lipinski definition) is 5. The van der Waals surface area contributed by atoms with Crippen LogP contribution in [0.1, 0.15) is 34.0 Å². The lowest BCUT2D eigenvalue weighted by atomic mass is 9.91. The summed E-state index contributed by atoms with van der Waals surface area (Å²) >= 11 is 6.54. The second-order valence-corrected chi connectivity index (χ2v) is 10.3. The van der Waals surface area contributed by atoms with E-state index < -0.39 is 29.3 Å². The second-order valence-electron chi connectivity index (χ2n) is 9.94.